The molecule has 1 N–H and O–H groups in total. The third-order valence-electron chi connectivity index (χ3n) is 3.55. The van der Waals surface area contributed by atoms with Gasteiger partial charge in [-0.15, -0.1) is 11.3 Å². The quantitative estimate of drug-likeness (QED) is 0.829. The van der Waals surface area contributed by atoms with Crippen LogP contribution in [0, 0.1) is 0 Å². The van der Waals surface area contributed by atoms with E-state index in [4.69, 9.17) is 0 Å². The van der Waals surface area contributed by atoms with Crippen LogP contribution in [0.4, 0.5) is 0 Å². The van der Waals surface area contributed by atoms with E-state index in [2.05, 4.69) is 10.4 Å². The first-order valence-electron chi connectivity index (χ1n) is 5.36. The average molecular weight is 209 g/mol. The summed E-state index contributed by atoms with van der Waals surface area (Å²) in [4.78, 5) is 4.69. The Bertz CT molecular complexity index is 350. The zero-order valence-corrected chi connectivity index (χ0v) is 9.18. The van der Waals surface area contributed by atoms with E-state index in [0.29, 0.717) is 0 Å². The molecule has 2 fully saturated rings. The van der Waals surface area contributed by atoms with E-state index in [9.17, 15) is 5.11 Å². The van der Waals surface area contributed by atoms with Crippen LogP contribution in [0.2, 0.25) is 0 Å². The Morgan fingerprint density at radius 1 is 1.57 bits per heavy atom. The fraction of sp³-hybridized carbons (Fsp3) is 0.727. The lowest BCUT2D eigenvalue weighted by Gasteiger charge is -2.15. The van der Waals surface area contributed by atoms with Crippen LogP contribution < -0.4 is 0 Å². The van der Waals surface area contributed by atoms with E-state index in [0.717, 1.165) is 24.5 Å². The van der Waals surface area contributed by atoms with Crippen LogP contribution in [0.5, 0.6) is 0 Å². The average Bonchev–Trinajstić information content (AvgIpc) is 3.06. The van der Waals surface area contributed by atoms with E-state index in [-0.39, 0.29) is 11.5 Å². The lowest BCUT2D eigenvalue weighted by Crippen LogP contribution is -2.22. The highest BCUT2D eigenvalue weighted by Crippen LogP contribution is 2.52. The van der Waals surface area contributed by atoms with Gasteiger partial charge in [0.15, 0.2) is 0 Å². The Morgan fingerprint density at radius 2 is 2.29 bits per heavy atom. The van der Waals surface area contributed by atoms with E-state index < -0.39 is 0 Å². The summed E-state index contributed by atoms with van der Waals surface area (Å²) in [5, 5.41) is 13.2. The molecule has 1 heterocycles. The molecule has 14 heavy (non-hydrogen) atoms. The third-order valence-corrected chi connectivity index (χ3v) is 4.55. The van der Waals surface area contributed by atoms with Crippen LogP contribution in [0.25, 0.3) is 0 Å². The minimum atomic E-state index is -0.239. The third kappa shape index (κ3) is 1.22. The van der Waals surface area contributed by atoms with Crippen molar-refractivity contribution in [2.75, 3.05) is 0 Å². The van der Waals surface area contributed by atoms with Gasteiger partial charge in [-0.2, -0.15) is 0 Å². The van der Waals surface area contributed by atoms with Crippen LogP contribution in [-0.2, 0) is 5.41 Å². The first kappa shape index (κ1) is 8.86. The summed E-state index contributed by atoms with van der Waals surface area (Å²) in [6.45, 7) is 1.89. The summed E-state index contributed by atoms with van der Waals surface area (Å²) in [6.07, 6.45) is 4.61. The number of aromatic nitrogens is 1. The van der Waals surface area contributed by atoms with Crippen molar-refractivity contribution in [3.63, 3.8) is 0 Å². The summed E-state index contributed by atoms with van der Waals surface area (Å²) in [6, 6.07) is 0. The van der Waals surface area contributed by atoms with Crippen molar-refractivity contribution in [1.82, 2.24) is 4.98 Å². The zero-order chi connectivity index (χ0) is 9.76. The van der Waals surface area contributed by atoms with Crippen molar-refractivity contribution in [2.24, 2.45) is 0 Å². The van der Waals surface area contributed by atoms with Crippen LogP contribution in [-0.4, -0.2) is 16.2 Å². The molecule has 3 rings (SSSR count). The Balaban J connectivity index is 1.88. The molecule has 0 aromatic carbocycles. The fourth-order valence-corrected chi connectivity index (χ4v) is 3.16. The molecule has 0 radical (unpaired) electrons. The predicted octanol–water partition coefficient (Wildman–Crippen LogP) is 2.43. The highest BCUT2D eigenvalue weighted by molar-refractivity contribution is 7.09. The van der Waals surface area contributed by atoms with Gasteiger partial charge < -0.3 is 5.11 Å². The van der Waals surface area contributed by atoms with Crippen LogP contribution in [0.3, 0.4) is 0 Å². The first-order chi connectivity index (χ1) is 6.72. The van der Waals surface area contributed by atoms with Gasteiger partial charge in [0.1, 0.15) is 0 Å². The van der Waals surface area contributed by atoms with E-state index in [1.54, 1.807) is 11.3 Å². The van der Waals surface area contributed by atoms with Crippen molar-refractivity contribution in [1.29, 1.82) is 0 Å². The molecule has 1 atom stereocenters. The molecular formula is C11H15NOS. The second-order valence-electron chi connectivity index (χ2n) is 4.68. The van der Waals surface area contributed by atoms with E-state index in [1.165, 1.54) is 17.8 Å². The predicted molar refractivity (Wildman–Crippen MR) is 56.7 cm³/mol. The largest absolute Gasteiger partial charge is 0.392 e. The Hall–Kier alpha value is -0.410. The summed E-state index contributed by atoms with van der Waals surface area (Å²) >= 11 is 1.78. The van der Waals surface area contributed by atoms with Gasteiger partial charge in [0.05, 0.1) is 16.8 Å². The zero-order valence-electron chi connectivity index (χ0n) is 8.36. The molecular weight excluding hydrogens is 194 g/mol. The van der Waals surface area contributed by atoms with Crippen LogP contribution >= 0.6 is 11.3 Å². The topological polar surface area (TPSA) is 33.1 Å². The molecule has 0 bridgehead atoms. The van der Waals surface area contributed by atoms with Crippen molar-refractivity contribution in [2.45, 2.75) is 50.0 Å². The molecule has 2 nitrogen and oxygen atoms in total. The summed E-state index contributed by atoms with van der Waals surface area (Å²) in [5.41, 5.74) is 1.18. The molecule has 76 valence electrons. The summed E-state index contributed by atoms with van der Waals surface area (Å²) < 4.78 is 0. The standard InChI is InChI=1S/C11H15NOS/c1-7(13)11(4-5-11)9-6-14-10(12-9)8-2-3-8/h6-8,13H,2-5H2,1H3. The number of hydrogen-bond donors (Lipinski definition) is 1. The number of aliphatic hydroxyl groups is 1. The SMILES string of the molecule is CC(O)C1(c2csc(C3CC3)n2)CC1. The molecule has 1 aromatic rings. The molecule has 2 saturated carbocycles. The molecule has 3 heteroatoms. The Kier molecular flexibility index (Phi) is 1.77. The molecule has 0 saturated heterocycles. The monoisotopic (exact) mass is 209 g/mol. The van der Waals surface area contributed by atoms with Gasteiger partial charge in [-0.25, -0.2) is 4.98 Å². The lowest BCUT2D eigenvalue weighted by atomic mass is 9.97. The smallest absolute Gasteiger partial charge is 0.0959 e. The Morgan fingerprint density at radius 3 is 2.79 bits per heavy atom. The van der Waals surface area contributed by atoms with E-state index in [1.807, 2.05) is 6.92 Å². The highest BCUT2D eigenvalue weighted by atomic mass is 32.1. The van der Waals surface area contributed by atoms with Crippen LogP contribution in [0.1, 0.15) is 49.2 Å². The Labute approximate surface area is 88.0 Å². The fourth-order valence-electron chi connectivity index (χ4n) is 2.06. The highest BCUT2D eigenvalue weighted by Gasteiger charge is 2.50. The number of hydrogen-bond acceptors (Lipinski definition) is 3. The van der Waals surface area contributed by atoms with Gasteiger partial charge in [0.2, 0.25) is 0 Å². The number of nitrogens with zero attached hydrogens (tertiary/aromatic N) is 1. The van der Waals surface area contributed by atoms with Gasteiger partial charge in [-0.05, 0) is 32.6 Å². The molecule has 0 aliphatic heterocycles. The maximum absolute atomic E-state index is 9.72. The van der Waals surface area contributed by atoms with Gasteiger partial charge in [0, 0.05) is 16.7 Å². The van der Waals surface area contributed by atoms with Crippen molar-refractivity contribution in [3.05, 3.63) is 16.1 Å². The normalized spacial score (nSPS) is 26.1. The molecule has 2 aliphatic carbocycles. The van der Waals surface area contributed by atoms with Crippen LogP contribution in [0.15, 0.2) is 5.38 Å². The maximum atomic E-state index is 9.72. The molecule has 0 amide bonds. The first-order valence-corrected chi connectivity index (χ1v) is 6.24. The second kappa shape index (κ2) is 2.80. The van der Waals surface area contributed by atoms with Crippen molar-refractivity contribution < 1.29 is 5.11 Å². The minimum absolute atomic E-state index is 0.0314. The number of aliphatic hydroxyl groups excluding tert-OH is 1. The van der Waals surface area contributed by atoms with Gasteiger partial charge in [0.25, 0.3) is 0 Å². The summed E-state index contributed by atoms with van der Waals surface area (Å²) in [7, 11) is 0. The van der Waals surface area contributed by atoms with Gasteiger partial charge in [-0.3, -0.25) is 0 Å². The number of thiazole rings is 1. The van der Waals surface area contributed by atoms with Crippen molar-refractivity contribution >= 4 is 11.3 Å². The summed E-state index contributed by atoms with van der Waals surface area (Å²) in [5.74, 6) is 0.749. The molecule has 1 aromatic heterocycles. The second-order valence-corrected chi connectivity index (χ2v) is 5.57. The lowest BCUT2D eigenvalue weighted by molar-refractivity contribution is 0.149. The maximum Gasteiger partial charge on any atom is 0.0959 e. The molecule has 0 spiro atoms. The van der Waals surface area contributed by atoms with E-state index >= 15 is 0 Å². The molecule has 2 aliphatic rings. The van der Waals surface area contributed by atoms with Gasteiger partial charge >= 0.3 is 0 Å². The molecule has 1 unspecified atom stereocenters. The number of rotatable bonds is 3. The minimum Gasteiger partial charge on any atom is -0.392 e. The van der Waals surface area contributed by atoms with Crippen molar-refractivity contribution in [3.8, 4) is 0 Å². The van der Waals surface area contributed by atoms with Gasteiger partial charge in [-0.1, -0.05) is 0 Å².